The lowest BCUT2D eigenvalue weighted by Gasteiger charge is -2.14. The Balaban J connectivity index is 1.91. The molecule has 2 aromatic carbocycles. The fourth-order valence-corrected chi connectivity index (χ4v) is 4.53. The van der Waals surface area contributed by atoms with Gasteiger partial charge in [-0.05, 0) is 55.2 Å². The van der Waals surface area contributed by atoms with Crippen molar-refractivity contribution in [2.24, 2.45) is 7.05 Å². The average molecular weight is 505 g/mol. The van der Waals surface area contributed by atoms with Gasteiger partial charge in [0.2, 0.25) is 0 Å². The molecule has 0 aliphatic rings. The summed E-state index contributed by atoms with van der Waals surface area (Å²) in [6.07, 6.45) is -4.85. The quantitative estimate of drug-likeness (QED) is 0.303. The van der Waals surface area contributed by atoms with E-state index in [1.54, 1.807) is 25.1 Å². The molecule has 2 heterocycles. The van der Waals surface area contributed by atoms with Crippen LogP contribution in [0.5, 0.6) is 5.75 Å². The van der Waals surface area contributed by atoms with E-state index >= 15 is 0 Å². The Morgan fingerprint density at radius 1 is 1.09 bits per heavy atom. The van der Waals surface area contributed by atoms with Gasteiger partial charge in [-0.3, -0.25) is 19.1 Å². The molecule has 0 atom stereocenters. The predicted molar refractivity (Wildman–Crippen MR) is 123 cm³/mol. The van der Waals surface area contributed by atoms with E-state index in [4.69, 9.17) is 4.89 Å². The van der Waals surface area contributed by atoms with Crippen molar-refractivity contribution in [1.82, 2.24) is 13.5 Å². The average Bonchev–Trinajstić information content (AvgIpc) is 3.18. The molecule has 0 saturated carbocycles. The number of rotatable bonds is 4. The summed E-state index contributed by atoms with van der Waals surface area (Å²) in [4.78, 5) is 46.2. The second kappa shape index (κ2) is 8.69. The van der Waals surface area contributed by atoms with Crippen molar-refractivity contribution in [3.05, 3.63) is 74.1 Å². The van der Waals surface area contributed by atoms with Crippen LogP contribution in [0.2, 0.25) is 0 Å². The fourth-order valence-electron chi connectivity index (χ4n) is 3.77. The number of hydrogen-bond donors (Lipinski definition) is 0. The van der Waals surface area contributed by atoms with Crippen LogP contribution in [0.4, 0.5) is 13.2 Å². The smallest absolute Gasteiger partial charge is 0.292 e. The fraction of sp³-hybridized carbons (Fsp3) is 0.217. The SMILES string of the molecule is CC(=O)OOc1ccc(C)c(-c2nsc3ccc(-n4c(=O)cc(C(F)(F)F)n(C)c4=O)cc23)c1C. The lowest BCUT2D eigenvalue weighted by atomic mass is 9.97. The standard InChI is InChI=1S/C23H18F3N3O5S/c1-11-5-7-16(34-33-13(3)30)12(2)20(11)21-15-9-14(6-8-17(15)35-27-21)29-19(31)10-18(23(24,25)26)28(4)22(29)32/h5-10H,1-4H3. The highest BCUT2D eigenvalue weighted by atomic mass is 32.1. The van der Waals surface area contributed by atoms with Gasteiger partial charge in [-0.2, -0.15) is 17.5 Å². The molecular formula is C23H18F3N3O5S. The highest BCUT2D eigenvalue weighted by Gasteiger charge is 2.35. The minimum Gasteiger partial charge on any atom is -0.292 e. The molecule has 0 unspecified atom stereocenters. The van der Waals surface area contributed by atoms with Gasteiger partial charge >= 0.3 is 17.8 Å². The minimum absolute atomic E-state index is 0.0981. The molecule has 0 saturated heterocycles. The Kier molecular flexibility index (Phi) is 6.01. The van der Waals surface area contributed by atoms with E-state index in [-0.39, 0.29) is 5.69 Å². The molecule has 0 aliphatic carbocycles. The second-order valence-electron chi connectivity index (χ2n) is 7.79. The van der Waals surface area contributed by atoms with Gasteiger partial charge < -0.3 is 0 Å². The zero-order valence-electron chi connectivity index (χ0n) is 18.9. The van der Waals surface area contributed by atoms with Crippen LogP contribution in [-0.4, -0.2) is 19.5 Å². The molecule has 4 aromatic rings. The number of hydrogen-bond acceptors (Lipinski definition) is 7. The van der Waals surface area contributed by atoms with Crippen molar-refractivity contribution in [3.8, 4) is 22.7 Å². The van der Waals surface area contributed by atoms with Crippen LogP contribution in [0.1, 0.15) is 23.7 Å². The van der Waals surface area contributed by atoms with E-state index in [0.717, 1.165) is 17.3 Å². The summed E-state index contributed by atoms with van der Waals surface area (Å²) in [6, 6.07) is 8.43. The molecule has 182 valence electrons. The second-order valence-corrected chi connectivity index (χ2v) is 8.60. The molecule has 2 aromatic heterocycles. The molecule has 35 heavy (non-hydrogen) atoms. The van der Waals surface area contributed by atoms with Crippen molar-refractivity contribution in [2.45, 2.75) is 26.9 Å². The van der Waals surface area contributed by atoms with Crippen LogP contribution in [0, 0.1) is 13.8 Å². The number of nitrogens with zero attached hydrogens (tertiary/aromatic N) is 3. The van der Waals surface area contributed by atoms with Crippen molar-refractivity contribution in [3.63, 3.8) is 0 Å². The third kappa shape index (κ3) is 4.32. The lowest BCUT2D eigenvalue weighted by Crippen LogP contribution is -2.40. The first-order chi connectivity index (χ1) is 16.4. The van der Waals surface area contributed by atoms with E-state index in [1.807, 2.05) is 6.92 Å². The maximum Gasteiger partial charge on any atom is 0.431 e. The summed E-state index contributed by atoms with van der Waals surface area (Å²) in [5.74, 6) is -0.329. The molecule has 4 rings (SSSR count). The van der Waals surface area contributed by atoms with Crippen LogP contribution in [-0.2, 0) is 22.9 Å². The molecule has 0 fully saturated rings. The van der Waals surface area contributed by atoms with Gasteiger partial charge in [0.05, 0.1) is 16.1 Å². The van der Waals surface area contributed by atoms with Crippen molar-refractivity contribution in [1.29, 1.82) is 0 Å². The zero-order valence-corrected chi connectivity index (χ0v) is 19.7. The monoisotopic (exact) mass is 505 g/mol. The number of aromatic nitrogens is 3. The summed E-state index contributed by atoms with van der Waals surface area (Å²) in [5, 5.41) is 0.581. The van der Waals surface area contributed by atoms with Gasteiger partial charge in [0, 0.05) is 36.6 Å². The summed E-state index contributed by atoms with van der Waals surface area (Å²) >= 11 is 1.18. The highest BCUT2D eigenvalue weighted by Crippen LogP contribution is 2.38. The topological polar surface area (TPSA) is 92.4 Å². The Labute approximate surface area is 199 Å². The first-order valence-corrected chi connectivity index (χ1v) is 10.9. The van der Waals surface area contributed by atoms with Crippen molar-refractivity contribution >= 4 is 27.6 Å². The summed E-state index contributed by atoms with van der Waals surface area (Å²) in [5.41, 5.74) is -0.798. The summed E-state index contributed by atoms with van der Waals surface area (Å²) in [7, 11) is 0.957. The minimum atomic E-state index is -4.85. The van der Waals surface area contributed by atoms with Gasteiger partial charge in [0.15, 0.2) is 5.75 Å². The van der Waals surface area contributed by atoms with E-state index in [0.29, 0.717) is 43.2 Å². The Morgan fingerprint density at radius 3 is 2.46 bits per heavy atom. The van der Waals surface area contributed by atoms with E-state index in [2.05, 4.69) is 9.26 Å². The predicted octanol–water partition coefficient (Wildman–Crippen LogP) is 4.31. The molecule has 0 radical (unpaired) electrons. The normalized spacial score (nSPS) is 11.6. The molecule has 0 spiro atoms. The number of carbonyl (C=O) groups excluding carboxylic acids is 1. The van der Waals surface area contributed by atoms with E-state index in [1.165, 1.54) is 30.6 Å². The molecule has 8 nitrogen and oxygen atoms in total. The third-order valence-corrected chi connectivity index (χ3v) is 6.26. The van der Waals surface area contributed by atoms with Gasteiger partial charge in [-0.1, -0.05) is 6.07 Å². The molecule has 0 N–H and O–H groups in total. The van der Waals surface area contributed by atoms with Gasteiger partial charge in [0.25, 0.3) is 5.56 Å². The van der Waals surface area contributed by atoms with Gasteiger partial charge in [0.1, 0.15) is 5.69 Å². The number of alkyl halides is 3. The van der Waals surface area contributed by atoms with Crippen LogP contribution in [0.15, 0.2) is 46.0 Å². The van der Waals surface area contributed by atoms with Crippen molar-refractivity contribution in [2.75, 3.05) is 0 Å². The van der Waals surface area contributed by atoms with Crippen LogP contribution in [0.25, 0.3) is 27.0 Å². The number of carbonyl (C=O) groups is 1. The number of aryl methyl sites for hydroxylation is 1. The summed E-state index contributed by atoms with van der Waals surface area (Å²) in [6.45, 7) is 4.81. The van der Waals surface area contributed by atoms with Crippen LogP contribution in [0.3, 0.4) is 0 Å². The van der Waals surface area contributed by atoms with Crippen LogP contribution < -0.4 is 16.1 Å². The van der Waals surface area contributed by atoms with Crippen molar-refractivity contribution < 1.29 is 27.7 Å². The van der Waals surface area contributed by atoms with Gasteiger partial charge in [-0.25, -0.2) is 14.2 Å². The summed E-state index contributed by atoms with van der Waals surface area (Å²) < 4.78 is 45.9. The zero-order chi connectivity index (χ0) is 25.7. The highest BCUT2D eigenvalue weighted by molar-refractivity contribution is 7.13. The number of fused-ring (bicyclic) bond motifs is 1. The maximum atomic E-state index is 13.2. The van der Waals surface area contributed by atoms with E-state index < -0.39 is 29.1 Å². The number of halogens is 3. The Morgan fingerprint density at radius 2 is 1.80 bits per heavy atom. The lowest BCUT2D eigenvalue weighted by molar-refractivity contribution is -0.211. The molecule has 12 heteroatoms. The molecule has 0 bridgehead atoms. The first-order valence-electron chi connectivity index (χ1n) is 10.2. The van der Waals surface area contributed by atoms with Gasteiger partial charge in [-0.15, -0.1) is 0 Å². The maximum absolute atomic E-state index is 13.2. The largest absolute Gasteiger partial charge is 0.431 e. The van der Waals surface area contributed by atoms with Crippen LogP contribution >= 0.6 is 11.5 Å². The number of benzene rings is 2. The third-order valence-electron chi connectivity index (χ3n) is 5.43. The Hall–Kier alpha value is -3.93. The molecular weight excluding hydrogens is 487 g/mol. The first kappa shape index (κ1) is 24.2. The Bertz CT molecular complexity index is 1600. The molecule has 0 aliphatic heterocycles. The van der Waals surface area contributed by atoms with E-state index in [9.17, 15) is 27.6 Å². The molecule has 0 amide bonds.